The molecule has 1 aromatic heterocycles. The zero-order valence-corrected chi connectivity index (χ0v) is 6.94. The first-order valence-electron chi connectivity index (χ1n) is 3.58. The second kappa shape index (κ2) is 3.25. The third-order valence-corrected chi connectivity index (χ3v) is 1.33. The molecule has 0 fully saturated rings. The van der Waals surface area contributed by atoms with Crippen molar-refractivity contribution in [1.29, 1.82) is 0 Å². The molecule has 0 amide bonds. The van der Waals surface area contributed by atoms with Crippen LogP contribution in [-0.4, -0.2) is 20.9 Å². The minimum Gasteiger partial charge on any atom is -0.491 e. The molecule has 0 radical (unpaired) electrons. The number of nitrogens with zero attached hydrogens (tertiary/aromatic N) is 2. The predicted molar refractivity (Wildman–Crippen MR) is 40.9 cm³/mol. The Bertz CT molecular complexity index is 293. The van der Waals surface area contributed by atoms with E-state index in [2.05, 4.69) is 9.84 Å². The summed E-state index contributed by atoms with van der Waals surface area (Å²) in [4.78, 5) is 10.5. The van der Waals surface area contributed by atoms with Gasteiger partial charge < -0.3 is 9.84 Å². The van der Waals surface area contributed by atoms with Crippen molar-refractivity contribution >= 4 is 5.97 Å². The van der Waals surface area contributed by atoms with E-state index in [4.69, 9.17) is 0 Å². The lowest BCUT2D eigenvalue weighted by Crippen LogP contribution is -2.01. The fraction of sp³-hybridized carbons (Fsp3) is 0.429. The number of hydrogen-bond donors (Lipinski definition) is 1. The molecule has 0 atom stereocenters. The summed E-state index contributed by atoms with van der Waals surface area (Å²) >= 11 is 0. The molecule has 0 saturated carbocycles. The first-order valence-corrected chi connectivity index (χ1v) is 3.58. The summed E-state index contributed by atoms with van der Waals surface area (Å²) < 4.78 is 5.99. The Kier molecular flexibility index (Phi) is 2.32. The Labute approximate surface area is 69.6 Å². The van der Waals surface area contributed by atoms with E-state index >= 15 is 0 Å². The largest absolute Gasteiger partial charge is 0.491 e. The maximum atomic E-state index is 10.5. The van der Waals surface area contributed by atoms with Crippen LogP contribution in [0.1, 0.15) is 13.8 Å². The highest BCUT2D eigenvalue weighted by Gasteiger charge is 2.10. The van der Waals surface area contributed by atoms with Crippen molar-refractivity contribution in [3.63, 3.8) is 0 Å². The van der Waals surface area contributed by atoms with Crippen molar-refractivity contribution in [2.75, 3.05) is 0 Å². The van der Waals surface area contributed by atoms with E-state index in [1.54, 1.807) is 0 Å². The molecule has 1 aromatic rings. The molecule has 0 aromatic carbocycles. The minimum absolute atomic E-state index is 0.101. The molecule has 0 aliphatic rings. The summed E-state index contributed by atoms with van der Waals surface area (Å²) in [7, 11) is 0. The lowest BCUT2D eigenvalue weighted by Gasteiger charge is -1.98. The molecule has 0 saturated heterocycles. The van der Waals surface area contributed by atoms with Crippen LogP contribution in [0.4, 0.5) is 0 Å². The topological polar surface area (TPSA) is 64.4 Å². The molecular formula is C7H10N2O3. The lowest BCUT2D eigenvalue weighted by atomic mass is 10.6. The first-order chi connectivity index (χ1) is 5.65. The fourth-order valence-corrected chi connectivity index (χ4v) is 0.820. The lowest BCUT2D eigenvalue weighted by molar-refractivity contribution is -0.132. The Morgan fingerprint density at radius 2 is 2.50 bits per heavy atom. The smallest absolute Gasteiger partial charge is 0.308 e. The molecule has 12 heavy (non-hydrogen) atoms. The molecule has 0 aliphatic heterocycles. The van der Waals surface area contributed by atoms with Crippen LogP contribution in [0, 0.1) is 0 Å². The molecule has 0 spiro atoms. The van der Waals surface area contributed by atoms with Gasteiger partial charge in [0.1, 0.15) is 0 Å². The molecule has 0 bridgehead atoms. The summed E-state index contributed by atoms with van der Waals surface area (Å²) in [5.74, 6) is -0.488. The van der Waals surface area contributed by atoms with Crippen LogP contribution in [0.15, 0.2) is 6.20 Å². The van der Waals surface area contributed by atoms with Gasteiger partial charge in [-0.3, -0.25) is 4.79 Å². The number of carbonyl (C=O) groups excluding carboxylic acids is 1. The van der Waals surface area contributed by atoms with E-state index in [1.165, 1.54) is 17.8 Å². The Hall–Kier alpha value is -1.52. The van der Waals surface area contributed by atoms with E-state index in [1.807, 2.05) is 6.92 Å². The van der Waals surface area contributed by atoms with Crippen molar-refractivity contribution in [2.45, 2.75) is 20.4 Å². The maximum absolute atomic E-state index is 10.5. The number of aryl methyl sites for hydroxylation is 1. The van der Waals surface area contributed by atoms with Gasteiger partial charge >= 0.3 is 5.97 Å². The van der Waals surface area contributed by atoms with Gasteiger partial charge in [-0.1, -0.05) is 0 Å². The van der Waals surface area contributed by atoms with Crippen molar-refractivity contribution in [3.05, 3.63) is 6.20 Å². The third-order valence-electron chi connectivity index (χ3n) is 1.33. The van der Waals surface area contributed by atoms with E-state index in [-0.39, 0.29) is 11.6 Å². The van der Waals surface area contributed by atoms with Gasteiger partial charge in [0.2, 0.25) is 5.75 Å². The number of rotatable bonds is 2. The highest BCUT2D eigenvalue weighted by Crippen LogP contribution is 2.24. The third kappa shape index (κ3) is 1.55. The SMILES string of the molecule is CCn1ncc(OC(C)=O)c1O. The average Bonchev–Trinajstić information content (AvgIpc) is 2.32. The van der Waals surface area contributed by atoms with Crippen molar-refractivity contribution in [1.82, 2.24) is 9.78 Å². The monoisotopic (exact) mass is 170 g/mol. The first kappa shape index (κ1) is 8.58. The normalized spacial score (nSPS) is 9.83. The van der Waals surface area contributed by atoms with Crippen LogP contribution in [0.3, 0.4) is 0 Å². The van der Waals surface area contributed by atoms with Crippen LogP contribution >= 0.6 is 0 Å². The van der Waals surface area contributed by atoms with Crippen LogP contribution in [0.5, 0.6) is 11.6 Å². The Balaban J connectivity index is 2.87. The minimum atomic E-state index is -0.471. The number of aromatic nitrogens is 2. The molecule has 5 nitrogen and oxygen atoms in total. The molecule has 5 heteroatoms. The number of hydrogen-bond acceptors (Lipinski definition) is 4. The molecule has 1 rings (SSSR count). The van der Waals surface area contributed by atoms with Gasteiger partial charge in [0, 0.05) is 13.5 Å². The van der Waals surface area contributed by atoms with Gasteiger partial charge in [0.15, 0.2) is 0 Å². The number of esters is 1. The quantitative estimate of drug-likeness (QED) is 0.657. The molecular weight excluding hydrogens is 160 g/mol. The summed E-state index contributed by atoms with van der Waals surface area (Å²) in [5, 5.41) is 13.1. The molecule has 0 aliphatic carbocycles. The van der Waals surface area contributed by atoms with E-state index in [9.17, 15) is 9.90 Å². The number of carbonyl (C=O) groups is 1. The molecule has 0 unspecified atom stereocenters. The van der Waals surface area contributed by atoms with E-state index in [0.717, 1.165) is 0 Å². The summed E-state index contributed by atoms with van der Waals surface area (Å²) in [6.45, 7) is 3.63. The molecule has 1 N–H and O–H groups in total. The van der Waals surface area contributed by atoms with Crippen LogP contribution < -0.4 is 4.74 Å². The zero-order valence-electron chi connectivity index (χ0n) is 6.94. The highest BCUT2D eigenvalue weighted by molar-refractivity contribution is 5.69. The summed E-state index contributed by atoms with van der Waals surface area (Å²) in [6, 6.07) is 0. The van der Waals surface area contributed by atoms with Crippen LogP contribution in [0.25, 0.3) is 0 Å². The van der Waals surface area contributed by atoms with E-state index < -0.39 is 5.97 Å². The summed E-state index contributed by atoms with van der Waals surface area (Å²) in [5.41, 5.74) is 0. The van der Waals surface area contributed by atoms with Crippen LogP contribution in [-0.2, 0) is 11.3 Å². The zero-order chi connectivity index (χ0) is 9.14. The van der Waals surface area contributed by atoms with Crippen molar-refractivity contribution < 1.29 is 14.6 Å². The Morgan fingerprint density at radius 1 is 1.83 bits per heavy atom. The molecule has 66 valence electrons. The fourth-order valence-electron chi connectivity index (χ4n) is 0.820. The van der Waals surface area contributed by atoms with Gasteiger partial charge in [-0.2, -0.15) is 5.10 Å². The highest BCUT2D eigenvalue weighted by atomic mass is 16.5. The Morgan fingerprint density at radius 3 is 2.92 bits per heavy atom. The van der Waals surface area contributed by atoms with Gasteiger partial charge in [0.05, 0.1) is 6.20 Å². The van der Waals surface area contributed by atoms with Gasteiger partial charge in [0.25, 0.3) is 5.88 Å². The van der Waals surface area contributed by atoms with E-state index in [0.29, 0.717) is 6.54 Å². The second-order valence-corrected chi connectivity index (χ2v) is 2.24. The molecule has 1 heterocycles. The van der Waals surface area contributed by atoms with Crippen molar-refractivity contribution in [3.8, 4) is 11.6 Å². The standard InChI is InChI=1S/C7H10N2O3/c1-3-9-7(11)6(4-8-9)12-5(2)10/h4,11H,3H2,1-2H3. The summed E-state index contributed by atoms with van der Waals surface area (Å²) in [6.07, 6.45) is 1.31. The maximum Gasteiger partial charge on any atom is 0.308 e. The van der Waals surface area contributed by atoms with Crippen LogP contribution in [0.2, 0.25) is 0 Å². The number of ether oxygens (including phenoxy) is 1. The van der Waals surface area contributed by atoms with Crippen molar-refractivity contribution in [2.24, 2.45) is 0 Å². The van der Waals surface area contributed by atoms with Gasteiger partial charge in [-0.25, -0.2) is 4.68 Å². The van der Waals surface area contributed by atoms with Gasteiger partial charge in [-0.15, -0.1) is 0 Å². The van der Waals surface area contributed by atoms with Gasteiger partial charge in [-0.05, 0) is 6.92 Å². The second-order valence-electron chi connectivity index (χ2n) is 2.24. The average molecular weight is 170 g/mol. The predicted octanol–water partition coefficient (Wildman–Crippen LogP) is 0.534. The number of aromatic hydroxyl groups is 1.